The first-order chi connectivity index (χ1) is 27.2. The fourth-order valence-corrected chi connectivity index (χ4v) is 8.40. The smallest absolute Gasteiger partial charge is 0.101 e. The average molecular weight is 759 g/mol. The van der Waals surface area contributed by atoms with Gasteiger partial charge in [-0.15, -0.1) is 0 Å². The van der Waals surface area contributed by atoms with E-state index in [1.165, 1.54) is 22.3 Å². The van der Waals surface area contributed by atoms with Gasteiger partial charge in [0.2, 0.25) is 0 Å². The van der Waals surface area contributed by atoms with Gasteiger partial charge in [-0.05, 0) is 104 Å². The summed E-state index contributed by atoms with van der Waals surface area (Å²) in [5, 5.41) is 26.0. The molecule has 0 bridgehead atoms. The lowest BCUT2D eigenvalue weighted by Gasteiger charge is -2.21. The number of rotatable bonds is 3. The third-order valence-electron chi connectivity index (χ3n) is 12.1. The summed E-state index contributed by atoms with van der Waals surface area (Å²) in [5.41, 5.74) is 13.9. The maximum absolute atomic E-state index is 10.7. The van der Waals surface area contributed by atoms with E-state index in [1.54, 1.807) is 0 Å². The molecule has 0 aliphatic rings. The standard InChI is InChI=1S/C54H54N4/c1-51(2,3)37-17-21-41-42-22-18-38(52(4,5)6)28-48(42)57(47(41)27-37)45-25-33(13-15-35(45)31-55)34-14-16-36(32-56)46(26-34)58-49-29-39(53(7,8)9)19-23-43(49)44-24-20-40(30-50(44)58)54(10,11)12/h13-30H,1-12H3. The van der Waals surface area contributed by atoms with Crippen molar-refractivity contribution in [1.29, 1.82) is 10.5 Å². The zero-order valence-electron chi connectivity index (χ0n) is 36.2. The van der Waals surface area contributed by atoms with Crippen molar-refractivity contribution >= 4 is 43.6 Å². The Balaban J connectivity index is 1.42. The van der Waals surface area contributed by atoms with Gasteiger partial charge in [-0.25, -0.2) is 0 Å². The number of hydrogen-bond donors (Lipinski definition) is 0. The first kappa shape index (κ1) is 38.8. The van der Waals surface area contributed by atoms with Gasteiger partial charge in [0, 0.05) is 21.5 Å². The van der Waals surface area contributed by atoms with Gasteiger partial charge in [0.15, 0.2) is 0 Å². The summed E-state index contributed by atoms with van der Waals surface area (Å²) in [4.78, 5) is 0. The van der Waals surface area contributed by atoms with Crippen molar-refractivity contribution in [2.75, 3.05) is 0 Å². The van der Waals surface area contributed by atoms with E-state index < -0.39 is 0 Å². The van der Waals surface area contributed by atoms with E-state index in [-0.39, 0.29) is 21.7 Å². The molecule has 0 atom stereocenters. The molecule has 290 valence electrons. The highest BCUT2D eigenvalue weighted by Crippen LogP contribution is 2.41. The maximum Gasteiger partial charge on any atom is 0.101 e. The Labute approximate surface area is 344 Å². The summed E-state index contributed by atoms with van der Waals surface area (Å²) in [6, 6.07) is 44.6. The summed E-state index contributed by atoms with van der Waals surface area (Å²) in [7, 11) is 0. The summed E-state index contributed by atoms with van der Waals surface area (Å²) in [6.07, 6.45) is 0. The van der Waals surface area contributed by atoms with Crippen LogP contribution >= 0.6 is 0 Å². The van der Waals surface area contributed by atoms with Crippen molar-refractivity contribution in [3.63, 3.8) is 0 Å². The predicted molar refractivity (Wildman–Crippen MR) is 245 cm³/mol. The van der Waals surface area contributed by atoms with Crippen LogP contribution in [0.4, 0.5) is 0 Å². The van der Waals surface area contributed by atoms with Crippen LogP contribution in [-0.4, -0.2) is 9.13 Å². The number of nitrogens with zero attached hydrogens (tertiary/aromatic N) is 4. The van der Waals surface area contributed by atoms with Crippen LogP contribution in [0.25, 0.3) is 66.1 Å². The average Bonchev–Trinajstić information content (AvgIpc) is 3.67. The summed E-state index contributed by atoms with van der Waals surface area (Å²) < 4.78 is 4.60. The summed E-state index contributed by atoms with van der Waals surface area (Å²) in [6.45, 7) is 26.9. The molecule has 0 N–H and O–H groups in total. The summed E-state index contributed by atoms with van der Waals surface area (Å²) >= 11 is 0. The molecule has 0 spiro atoms. The van der Waals surface area contributed by atoms with Crippen LogP contribution in [0.3, 0.4) is 0 Å². The van der Waals surface area contributed by atoms with Gasteiger partial charge in [-0.3, -0.25) is 0 Å². The highest BCUT2D eigenvalue weighted by molar-refractivity contribution is 6.11. The molecule has 6 aromatic carbocycles. The largest absolute Gasteiger partial charge is 0.308 e. The van der Waals surface area contributed by atoms with Crippen molar-refractivity contribution in [2.24, 2.45) is 0 Å². The third-order valence-corrected chi connectivity index (χ3v) is 12.1. The van der Waals surface area contributed by atoms with E-state index >= 15 is 0 Å². The van der Waals surface area contributed by atoms with Crippen LogP contribution in [0.1, 0.15) is 116 Å². The second kappa shape index (κ2) is 13.2. The minimum Gasteiger partial charge on any atom is -0.308 e. The Hall–Kier alpha value is -6.10. The Morgan fingerprint density at radius 2 is 0.603 bits per heavy atom. The lowest BCUT2D eigenvalue weighted by atomic mass is 9.86. The molecule has 0 aliphatic carbocycles. The second-order valence-corrected chi connectivity index (χ2v) is 20.3. The quantitative estimate of drug-likeness (QED) is 0.180. The topological polar surface area (TPSA) is 57.4 Å². The molecule has 0 amide bonds. The van der Waals surface area contributed by atoms with Crippen LogP contribution < -0.4 is 0 Å². The van der Waals surface area contributed by atoms with Gasteiger partial charge in [0.1, 0.15) is 12.1 Å². The van der Waals surface area contributed by atoms with Gasteiger partial charge < -0.3 is 9.13 Å². The molecule has 0 fully saturated rings. The summed E-state index contributed by atoms with van der Waals surface area (Å²) in [5.74, 6) is 0. The fraction of sp³-hybridized carbons (Fsp3) is 0.296. The zero-order valence-corrected chi connectivity index (χ0v) is 36.2. The van der Waals surface area contributed by atoms with Crippen LogP contribution in [-0.2, 0) is 21.7 Å². The lowest BCUT2D eigenvalue weighted by molar-refractivity contribution is 0.590. The highest BCUT2D eigenvalue weighted by atomic mass is 15.0. The van der Waals surface area contributed by atoms with Crippen molar-refractivity contribution in [2.45, 2.75) is 105 Å². The molecule has 0 saturated carbocycles. The molecule has 8 aromatic rings. The number of aromatic nitrogens is 2. The van der Waals surface area contributed by atoms with Gasteiger partial charge in [0.05, 0.1) is 44.6 Å². The Morgan fingerprint density at radius 3 is 0.828 bits per heavy atom. The Kier molecular flexibility index (Phi) is 8.84. The molecular weight excluding hydrogens is 705 g/mol. The van der Waals surface area contributed by atoms with Crippen LogP contribution in [0, 0.1) is 22.7 Å². The van der Waals surface area contributed by atoms with E-state index in [1.807, 2.05) is 24.3 Å². The predicted octanol–water partition coefficient (Wildman–Crippen LogP) is 14.5. The van der Waals surface area contributed by atoms with Crippen molar-refractivity contribution in [3.8, 4) is 34.6 Å². The SMILES string of the molecule is CC(C)(C)c1ccc2c3ccc(C(C)(C)C)cc3n(-c3cc(-c4ccc(C#N)c(-n5c6cc(C(C)(C)C)ccc6c6ccc(C(C)(C)C)cc65)c4)ccc3C#N)c2c1. The monoisotopic (exact) mass is 758 g/mol. The minimum absolute atomic E-state index is 0.0566. The van der Waals surface area contributed by atoms with Crippen LogP contribution in [0.2, 0.25) is 0 Å². The molecule has 0 unspecified atom stereocenters. The van der Waals surface area contributed by atoms with E-state index in [0.717, 1.165) is 66.1 Å². The van der Waals surface area contributed by atoms with E-state index in [2.05, 4.69) is 189 Å². The minimum atomic E-state index is -0.0566. The van der Waals surface area contributed by atoms with Gasteiger partial charge in [-0.1, -0.05) is 144 Å². The molecular formula is C54H54N4. The van der Waals surface area contributed by atoms with Crippen molar-refractivity contribution in [1.82, 2.24) is 9.13 Å². The van der Waals surface area contributed by atoms with Crippen LogP contribution in [0.15, 0.2) is 109 Å². The fourth-order valence-electron chi connectivity index (χ4n) is 8.40. The number of benzene rings is 6. The molecule has 0 aliphatic heterocycles. The second-order valence-electron chi connectivity index (χ2n) is 20.3. The van der Waals surface area contributed by atoms with Gasteiger partial charge in [0.25, 0.3) is 0 Å². The molecule has 0 radical (unpaired) electrons. The Bertz CT molecular complexity index is 2700. The normalized spacial score (nSPS) is 12.8. The number of fused-ring (bicyclic) bond motifs is 6. The van der Waals surface area contributed by atoms with Crippen molar-refractivity contribution in [3.05, 3.63) is 143 Å². The maximum atomic E-state index is 10.7. The Morgan fingerprint density at radius 1 is 0.345 bits per heavy atom. The van der Waals surface area contributed by atoms with E-state index in [4.69, 9.17) is 0 Å². The highest BCUT2D eigenvalue weighted by Gasteiger charge is 2.25. The molecule has 58 heavy (non-hydrogen) atoms. The molecule has 2 heterocycles. The molecule has 4 heteroatoms. The zero-order chi connectivity index (χ0) is 41.7. The number of nitriles is 2. The number of hydrogen-bond acceptors (Lipinski definition) is 2. The van der Waals surface area contributed by atoms with Gasteiger partial charge >= 0.3 is 0 Å². The lowest BCUT2D eigenvalue weighted by Crippen LogP contribution is -2.11. The molecule has 8 rings (SSSR count). The third kappa shape index (κ3) is 6.46. The molecule has 4 nitrogen and oxygen atoms in total. The van der Waals surface area contributed by atoms with E-state index in [0.29, 0.717) is 11.1 Å². The first-order valence-corrected chi connectivity index (χ1v) is 20.5. The molecule has 2 aromatic heterocycles. The van der Waals surface area contributed by atoms with Crippen molar-refractivity contribution < 1.29 is 0 Å². The van der Waals surface area contributed by atoms with Crippen LogP contribution in [0.5, 0.6) is 0 Å². The van der Waals surface area contributed by atoms with Gasteiger partial charge in [-0.2, -0.15) is 10.5 Å². The van der Waals surface area contributed by atoms with E-state index in [9.17, 15) is 10.5 Å². The first-order valence-electron chi connectivity index (χ1n) is 20.5. The molecule has 0 saturated heterocycles.